The van der Waals surface area contributed by atoms with Gasteiger partial charge < -0.3 is 14.2 Å². The van der Waals surface area contributed by atoms with E-state index in [1.807, 2.05) is 32.0 Å². The Kier molecular flexibility index (Phi) is 8.18. The fraction of sp³-hybridized carbons (Fsp3) is 0.296. The summed E-state index contributed by atoms with van der Waals surface area (Å²) in [6.07, 6.45) is 1.51. The third-order valence-electron chi connectivity index (χ3n) is 5.74. The summed E-state index contributed by atoms with van der Waals surface area (Å²) >= 11 is 1.17. The predicted octanol–water partition coefficient (Wildman–Crippen LogP) is 3.12. The molecule has 11 heteroatoms. The van der Waals surface area contributed by atoms with Gasteiger partial charge in [0, 0.05) is 24.8 Å². The molecule has 0 spiro atoms. The lowest BCUT2D eigenvalue weighted by molar-refractivity contribution is -0.384. The number of thiazole rings is 1. The van der Waals surface area contributed by atoms with Crippen LogP contribution >= 0.6 is 11.3 Å². The van der Waals surface area contributed by atoms with Gasteiger partial charge in [0.15, 0.2) is 4.80 Å². The van der Waals surface area contributed by atoms with E-state index in [0.29, 0.717) is 31.9 Å². The quantitative estimate of drug-likeness (QED) is 0.178. The van der Waals surface area contributed by atoms with Crippen LogP contribution in [0, 0.1) is 10.1 Å². The molecule has 0 radical (unpaired) electrons. The number of benzene rings is 2. The Hall–Kier alpha value is -4.09. The van der Waals surface area contributed by atoms with Crippen molar-refractivity contribution in [2.24, 2.45) is 4.99 Å². The van der Waals surface area contributed by atoms with Gasteiger partial charge in [0.2, 0.25) is 0 Å². The average Bonchev–Trinajstić information content (AvgIpc) is 3.18. The van der Waals surface area contributed by atoms with Crippen molar-refractivity contribution in [3.05, 3.63) is 101 Å². The first-order chi connectivity index (χ1) is 18.2. The second kappa shape index (κ2) is 11.5. The number of allylic oxidation sites excluding steroid dienone is 1. The molecule has 2 heterocycles. The van der Waals surface area contributed by atoms with E-state index in [9.17, 15) is 19.7 Å². The standard InChI is InChI=1S/C27H27N3O7S/c1-16(2)37-21-8-6-5-7-20(21)24-23(26(32)36-14-13-35-4)17(3)28-27-29(24)25(31)22(38-27)15-18-9-11-19(12-10-18)30(33)34/h5-12,15-16,24H,13-14H2,1-4H3/b22-15+/t24-/m0/s1. The zero-order valence-corrected chi connectivity index (χ0v) is 22.2. The van der Waals surface area contributed by atoms with Crippen molar-refractivity contribution in [1.29, 1.82) is 0 Å². The lowest BCUT2D eigenvalue weighted by Gasteiger charge is -2.27. The lowest BCUT2D eigenvalue weighted by atomic mass is 9.95. The Morgan fingerprint density at radius 2 is 1.89 bits per heavy atom. The molecule has 0 saturated heterocycles. The summed E-state index contributed by atoms with van der Waals surface area (Å²) in [4.78, 5) is 42.6. The molecule has 0 bridgehead atoms. The van der Waals surface area contributed by atoms with E-state index in [1.165, 1.54) is 35.1 Å². The number of fused-ring (bicyclic) bond motifs is 1. The molecular weight excluding hydrogens is 510 g/mol. The van der Waals surface area contributed by atoms with Crippen molar-refractivity contribution < 1.29 is 23.9 Å². The fourth-order valence-electron chi connectivity index (χ4n) is 4.08. The van der Waals surface area contributed by atoms with Crippen molar-refractivity contribution in [3.8, 4) is 5.75 Å². The van der Waals surface area contributed by atoms with Crippen molar-refractivity contribution in [1.82, 2.24) is 4.57 Å². The van der Waals surface area contributed by atoms with Gasteiger partial charge in [-0.2, -0.15) is 0 Å². The fourth-order valence-corrected chi connectivity index (χ4v) is 5.13. The number of carbonyl (C=O) groups excluding carboxylic acids is 1. The second-order valence-electron chi connectivity index (χ2n) is 8.76. The number of nitro groups is 1. The monoisotopic (exact) mass is 537 g/mol. The van der Waals surface area contributed by atoms with E-state index in [-0.39, 0.29) is 36.1 Å². The number of para-hydroxylation sites is 1. The molecule has 0 saturated carbocycles. The Morgan fingerprint density at radius 1 is 1.18 bits per heavy atom. The van der Waals surface area contributed by atoms with Gasteiger partial charge in [-0.1, -0.05) is 29.5 Å². The van der Waals surface area contributed by atoms with Gasteiger partial charge in [-0.25, -0.2) is 9.79 Å². The van der Waals surface area contributed by atoms with E-state index in [0.717, 1.165) is 0 Å². The number of hydrogen-bond donors (Lipinski definition) is 0. The van der Waals surface area contributed by atoms with Crippen LogP contribution in [0.25, 0.3) is 6.08 Å². The first-order valence-electron chi connectivity index (χ1n) is 11.9. The minimum Gasteiger partial charge on any atom is -0.491 e. The molecule has 198 valence electrons. The molecule has 38 heavy (non-hydrogen) atoms. The van der Waals surface area contributed by atoms with Crippen molar-refractivity contribution in [2.75, 3.05) is 20.3 Å². The van der Waals surface area contributed by atoms with Crippen LogP contribution in [0.3, 0.4) is 0 Å². The van der Waals surface area contributed by atoms with Crippen LogP contribution < -0.4 is 19.6 Å². The maximum Gasteiger partial charge on any atom is 0.338 e. The van der Waals surface area contributed by atoms with Crippen molar-refractivity contribution in [2.45, 2.75) is 32.9 Å². The highest BCUT2D eigenvalue weighted by Crippen LogP contribution is 2.36. The van der Waals surface area contributed by atoms with E-state index in [1.54, 1.807) is 31.2 Å². The number of hydrogen-bond acceptors (Lipinski definition) is 9. The number of carbonyl (C=O) groups is 1. The normalized spacial score (nSPS) is 15.3. The van der Waals surface area contributed by atoms with Gasteiger partial charge in [-0.15, -0.1) is 0 Å². The smallest absolute Gasteiger partial charge is 0.338 e. The van der Waals surface area contributed by atoms with Crippen LogP contribution in [-0.2, 0) is 14.3 Å². The average molecular weight is 538 g/mol. The van der Waals surface area contributed by atoms with Gasteiger partial charge in [-0.05, 0) is 50.6 Å². The first-order valence-corrected chi connectivity index (χ1v) is 12.7. The van der Waals surface area contributed by atoms with Crippen LogP contribution in [-0.4, -0.2) is 41.9 Å². The Morgan fingerprint density at radius 3 is 2.55 bits per heavy atom. The Labute approximate surface area is 222 Å². The highest BCUT2D eigenvalue weighted by Gasteiger charge is 2.35. The molecule has 0 N–H and O–H groups in total. The van der Waals surface area contributed by atoms with Crippen LogP contribution in [0.5, 0.6) is 5.75 Å². The molecule has 1 aliphatic rings. The Balaban J connectivity index is 1.90. The lowest BCUT2D eigenvalue weighted by Crippen LogP contribution is -2.40. The molecule has 1 aliphatic heterocycles. The van der Waals surface area contributed by atoms with Crippen molar-refractivity contribution >= 4 is 29.1 Å². The number of aromatic nitrogens is 1. The van der Waals surface area contributed by atoms with Gasteiger partial charge in [-0.3, -0.25) is 19.5 Å². The largest absolute Gasteiger partial charge is 0.491 e. The zero-order chi connectivity index (χ0) is 27.4. The molecule has 3 aromatic rings. The number of nitro benzene ring substituents is 1. The summed E-state index contributed by atoms with van der Waals surface area (Å²) in [5.74, 6) is -0.0633. The summed E-state index contributed by atoms with van der Waals surface area (Å²) in [7, 11) is 1.51. The molecule has 0 unspecified atom stereocenters. The van der Waals surface area contributed by atoms with Gasteiger partial charge in [0.25, 0.3) is 11.2 Å². The van der Waals surface area contributed by atoms with E-state index in [2.05, 4.69) is 4.99 Å². The molecule has 0 aliphatic carbocycles. The second-order valence-corrected chi connectivity index (χ2v) is 9.77. The highest BCUT2D eigenvalue weighted by molar-refractivity contribution is 7.07. The molecule has 1 atom stereocenters. The SMILES string of the molecule is COCCOC(=O)C1=C(C)N=c2s/c(=C/c3ccc([N+](=O)[O-])cc3)c(=O)n2[C@H]1c1ccccc1OC(C)C. The number of non-ortho nitro benzene ring substituents is 1. The minimum absolute atomic E-state index is 0.0439. The molecule has 1 aromatic heterocycles. The van der Waals surface area contributed by atoms with Gasteiger partial charge in [0.1, 0.15) is 18.4 Å². The summed E-state index contributed by atoms with van der Waals surface area (Å²) in [6.45, 7) is 5.78. The van der Waals surface area contributed by atoms with Gasteiger partial charge in [0.05, 0.1) is 33.4 Å². The molecule has 4 rings (SSSR count). The summed E-state index contributed by atoms with van der Waals surface area (Å²) < 4.78 is 18.4. The van der Waals surface area contributed by atoms with Crippen LogP contribution in [0.15, 0.2) is 69.6 Å². The molecule has 0 fully saturated rings. The maximum atomic E-state index is 13.8. The number of methoxy groups -OCH3 is 1. The summed E-state index contributed by atoms with van der Waals surface area (Å²) in [5.41, 5.74) is 1.51. The van der Waals surface area contributed by atoms with Crippen LogP contribution in [0.2, 0.25) is 0 Å². The zero-order valence-electron chi connectivity index (χ0n) is 21.4. The van der Waals surface area contributed by atoms with Crippen LogP contribution in [0.1, 0.15) is 37.9 Å². The van der Waals surface area contributed by atoms with Crippen molar-refractivity contribution in [3.63, 3.8) is 0 Å². The van der Waals surface area contributed by atoms with E-state index >= 15 is 0 Å². The molecule has 2 aromatic carbocycles. The van der Waals surface area contributed by atoms with E-state index in [4.69, 9.17) is 14.2 Å². The summed E-state index contributed by atoms with van der Waals surface area (Å²) in [5, 5.41) is 11.0. The molecule has 0 amide bonds. The van der Waals surface area contributed by atoms with Gasteiger partial charge >= 0.3 is 5.97 Å². The van der Waals surface area contributed by atoms with Crippen LogP contribution in [0.4, 0.5) is 5.69 Å². The molecular formula is C27H27N3O7S. The summed E-state index contributed by atoms with van der Waals surface area (Å²) in [6, 6.07) is 12.3. The number of ether oxygens (including phenoxy) is 3. The third-order valence-corrected chi connectivity index (χ3v) is 6.72. The first kappa shape index (κ1) is 27.0. The maximum absolute atomic E-state index is 13.8. The van der Waals surface area contributed by atoms with E-state index < -0.39 is 16.9 Å². The number of esters is 1. The number of nitrogens with zero attached hydrogens (tertiary/aromatic N) is 3. The predicted molar refractivity (Wildman–Crippen MR) is 142 cm³/mol. The highest BCUT2D eigenvalue weighted by atomic mass is 32.1. The third kappa shape index (κ3) is 5.58. The molecule has 10 nitrogen and oxygen atoms in total. The Bertz CT molecular complexity index is 1570. The minimum atomic E-state index is -0.838. The number of rotatable bonds is 9. The topological polar surface area (TPSA) is 122 Å².